The van der Waals surface area contributed by atoms with E-state index in [0.29, 0.717) is 20.9 Å². The highest BCUT2D eigenvalue weighted by Crippen LogP contribution is 2.27. The Hall–Kier alpha value is -2.22. The normalized spacial score (nSPS) is 10.8. The van der Waals surface area contributed by atoms with E-state index in [-0.39, 0.29) is 11.7 Å². The number of benzene rings is 2. The third kappa shape index (κ3) is 4.79. The van der Waals surface area contributed by atoms with Gasteiger partial charge in [-0.2, -0.15) is 0 Å². The Morgan fingerprint density at radius 1 is 1.18 bits per heavy atom. The summed E-state index contributed by atoms with van der Waals surface area (Å²) in [5.74, 6) is 0.713. The lowest BCUT2D eigenvalue weighted by atomic mass is 10.2. The van der Waals surface area contributed by atoms with E-state index in [4.69, 9.17) is 23.2 Å². The average molecular weight is 436 g/mol. The van der Waals surface area contributed by atoms with Gasteiger partial charge in [0.15, 0.2) is 11.0 Å². The van der Waals surface area contributed by atoms with Crippen molar-refractivity contribution >= 4 is 52.2 Å². The maximum atomic E-state index is 12.3. The summed E-state index contributed by atoms with van der Waals surface area (Å²) in [5, 5.41) is 12.8. The maximum absolute atomic E-state index is 12.3. The summed E-state index contributed by atoms with van der Waals surface area (Å²) in [6, 6.07) is 13.0. The van der Waals surface area contributed by atoms with Crippen LogP contribution in [0.15, 0.2) is 47.6 Å². The number of nitrogens with one attached hydrogen (secondary N) is 1. The Morgan fingerprint density at radius 3 is 2.71 bits per heavy atom. The maximum Gasteiger partial charge on any atom is 0.234 e. The van der Waals surface area contributed by atoms with Crippen LogP contribution in [0.1, 0.15) is 0 Å². The van der Waals surface area contributed by atoms with E-state index in [1.54, 1.807) is 18.2 Å². The van der Waals surface area contributed by atoms with Gasteiger partial charge in [-0.25, -0.2) is 0 Å². The van der Waals surface area contributed by atoms with Crippen LogP contribution in [0, 0.1) is 0 Å². The quantitative estimate of drug-likeness (QED) is 0.573. The van der Waals surface area contributed by atoms with E-state index in [0.717, 1.165) is 17.1 Å². The fourth-order valence-electron chi connectivity index (χ4n) is 2.52. The number of hydrogen-bond acceptors (Lipinski definition) is 5. The zero-order chi connectivity index (χ0) is 20.3. The number of nitrogens with zero attached hydrogens (tertiary/aromatic N) is 4. The second-order valence-electron chi connectivity index (χ2n) is 6.27. The summed E-state index contributed by atoms with van der Waals surface area (Å²) < 4.78 is 1.87. The Kier molecular flexibility index (Phi) is 6.49. The minimum Gasteiger partial charge on any atom is -0.378 e. The molecule has 0 fully saturated rings. The lowest BCUT2D eigenvalue weighted by Gasteiger charge is -2.13. The Balaban J connectivity index is 1.68. The van der Waals surface area contributed by atoms with Crippen LogP contribution in [-0.2, 0) is 11.8 Å². The number of hydrogen-bond donors (Lipinski definition) is 1. The summed E-state index contributed by atoms with van der Waals surface area (Å²) in [4.78, 5) is 14.3. The van der Waals surface area contributed by atoms with E-state index in [1.165, 1.54) is 11.8 Å². The van der Waals surface area contributed by atoms with Crippen LogP contribution in [0.25, 0.3) is 11.4 Å². The molecular formula is C19H19Cl2N5OS. The summed E-state index contributed by atoms with van der Waals surface area (Å²) >= 11 is 13.3. The number of anilines is 2. The number of amides is 1. The summed E-state index contributed by atoms with van der Waals surface area (Å²) in [7, 11) is 5.86. The topological polar surface area (TPSA) is 63.1 Å². The number of carbonyl (C=O) groups is 1. The smallest absolute Gasteiger partial charge is 0.234 e. The second kappa shape index (κ2) is 8.86. The van der Waals surface area contributed by atoms with Crippen molar-refractivity contribution in [2.75, 3.05) is 30.1 Å². The van der Waals surface area contributed by atoms with Gasteiger partial charge < -0.3 is 14.8 Å². The second-order valence-corrected chi connectivity index (χ2v) is 8.06. The number of thioether (sulfide) groups is 1. The highest BCUT2D eigenvalue weighted by atomic mass is 35.5. The van der Waals surface area contributed by atoms with Gasteiger partial charge in [-0.1, -0.05) is 47.1 Å². The van der Waals surface area contributed by atoms with Gasteiger partial charge in [0.25, 0.3) is 0 Å². The molecule has 0 radical (unpaired) electrons. The molecule has 0 saturated heterocycles. The Morgan fingerprint density at radius 2 is 1.96 bits per heavy atom. The fraction of sp³-hybridized carbons (Fsp3) is 0.211. The Bertz CT molecular complexity index is 1010. The third-order valence-corrected chi connectivity index (χ3v) is 5.58. The van der Waals surface area contributed by atoms with E-state index in [1.807, 2.05) is 54.9 Å². The first-order chi connectivity index (χ1) is 13.3. The van der Waals surface area contributed by atoms with Crippen LogP contribution >= 0.6 is 35.0 Å². The standard InChI is InChI=1S/C19H19Cl2N5OS/c1-25(2)14-6-4-5-12(9-14)18-23-24-19(26(18)3)28-11-17(27)22-16-10-13(20)7-8-15(16)21/h4-10H,11H2,1-3H3,(H,22,27). The molecule has 146 valence electrons. The third-order valence-electron chi connectivity index (χ3n) is 3.99. The van der Waals surface area contributed by atoms with Crippen LogP contribution < -0.4 is 10.2 Å². The number of halogens is 2. The van der Waals surface area contributed by atoms with Crippen LogP contribution in [0.4, 0.5) is 11.4 Å². The van der Waals surface area contributed by atoms with Gasteiger partial charge in [0.2, 0.25) is 5.91 Å². The van der Waals surface area contributed by atoms with Gasteiger partial charge in [-0.15, -0.1) is 10.2 Å². The fourth-order valence-corrected chi connectivity index (χ4v) is 3.57. The molecule has 0 unspecified atom stereocenters. The van der Waals surface area contributed by atoms with Crippen molar-refractivity contribution in [2.24, 2.45) is 7.05 Å². The van der Waals surface area contributed by atoms with Crippen molar-refractivity contribution in [3.8, 4) is 11.4 Å². The van der Waals surface area contributed by atoms with Crippen molar-refractivity contribution in [1.82, 2.24) is 14.8 Å². The van der Waals surface area contributed by atoms with Gasteiger partial charge in [0.1, 0.15) is 0 Å². The zero-order valence-corrected chi connectivity index (χ0v) is 17.9. The molecule has 1 aromatic heterocycles. The summed E-state index contributed by atoms with van der Waals surface area (Å²) in [6.45, 7) is 0. The van der Waals surface area contributed by atoms with Gasteiger partial charge in [0, 0.05) is 37.4 Å². The Labute approximate surface area is 177 Å². The monoisotopic (exact) mass is 435 g/mol. The predicted molar refractivity (Wildman–Crippen MR) is 117 cm³/mol. The van der Waals surface area contributed by atoms with Crippen molar-refractivity contribution in [3.05, 3.63) is 52.5 Å². The lowest BCUT2D eigenvalue weighted by molar-refractivity contribution is -0.113. The van der Waals surface area contributed by atoms with Crippen LogP contribution in [0.3, 0.4) is 0 Å². The molecule has 0 aliphatic carbocycles. The van der Waals surface area contributed by atoms with E-state index in [9.17, 15) is 4.79 Å². The molecule has 0 bridgehead atoms. The first kappa shape index (κ1) is 20.5. The summed E-state index contributed by atoms with van der Waals surface area (Å²) in [6.07, 6.45) is 0. The lowest BCUT2D eigenvalue weighted by Crippen LogP contribution is -2.14. The molecule has 0 aliphatic heterocycles. The minimum atomic E-state index is -0.201. The molecule has 0 spiro atoms. The molecule has 3 rings (SSSR count). The van der Waals surface area contributed by atoms with Crippen LogP contribution in [0.2, 0.25) is 10.0 Å². The van der Waals surface area contributed by atoms with Crippen molar-refractivity contribution in [2.45, 2.75) is 5.16 Å². The first-order valence-corrected chi connectivity index (χ1v) is 10.1. The highest BCUT2D eigenvalue weighted by Gasteiger charge is 2.14. The molecule has 1 heterocycles. The molecule has 1 amide bonds. The SMILES string of the molecule is CN(C)c1cccc(-c2nnc(SCC(=O)Nc3cc(Cl)ccc3Cl)n2C)c1. The highest BCUT2D eigenvalue weighted by molar-refractivity contribution is 7.99. The van der Waals surface area contributed by atoms with E-state index in [2.05, 4.69) is 15.5 Å². The molecule has 9 heteroatoms. The van der Waals surface area contributed by atoms with Gasteiger partial charge in [-0.3, -0.25) is 4.79 Å². The molecule has 0 aliphatic rings. The van der Waals surface area contributed by atoms with Crippen molar-refractivity contribution < 1.29 is 4.79 Å². The zero-order valence-electron chi connectivity index (χ0n) is 15.6. The van der Waals surface area contributed by atoms with Crippen LogP contribution in [-0.4, -0.2) is 40.5 Å². The molecule has 28 heavy (non-hydrogen) atoms. The number of aromatic nitrogens is 3. The molecule has 2 aromatic carbocycles. The van der Waals surface area contributed by atoms with Gasteiger partial charge >= 0.3 is 0 Å². The van der Waals surface area contributed by atoms with E-state index >= 15 is 0 Å². The van der Waals surface area contributed by atoms with E-state index < -0.39 is 0 Å². The average Bonchev–Trinajstić information content (AvgIpc) is 3.03. The molecule has 0 atom stereocenters. The first-order valence-electron chi connectivity index (χ1n) is 8.40. The molecule has 1 N–H and O–H groups in total. The van der Waals surface area contributed by atoms with Crippen molar-refractivity contribution in [1.29, 1.82) is 0 Å². The van der Waals surface area contributed by atoms with Gasteiger partial charge in [0.05, 0.1) is 16.5 Å². The molecule has 3 aromatic rings. The van der Waals surface area contributed by atoms with Crippen molar-refractivity contribution in [3.63, 3.8) is 0 Å². The molecule has 6 nitrogen and oxygen atoms in total. The van der Waals surface area contributed by atoms with Gasteiger partial charge in [-0.05, 0) is 30.3 Å². The van der Waals surface area contributed by atoms with Crippen LogP contribution in [0.5, 0.6) is 0 Å². The number of rotatable bonds is 6. The number of carbonyl (C=O) groups excluding carboxylic acids is 1. The minimum absolute atomic E-state index is 0.173. The molecular weight excluding hydrogens is 417 g/mol. The molecule has 0 saturated carbocycles. The predicted octanol–water partition coefficient (Wildman–Crippen LogP) is 4.59. The summed E-state index contributed by atoms with van der Waals surface area (Å²) in [5.41, 5.74) is 2.52. The largest absolute Gasteiger partial charge is 0.378 e.